The fraction of sp³-hybridized carbons (Fsp3) is 0.375. The average molecular weight is 247 g/mol. The third kappa shape index (κ3) is 2.87. The second-order valence-corrected chi connectivity index (χ2v) is 2.37. The molecule has 0 fully saturated rings. The van der Waals surface area contributed by atoms with Crippen LogP contribution in [0.15, 0.2) is 24.3 Å². The maximum Gasteiger partial charge on any atom is 0 e. The van der Waals surface area contributed by atoms with E-state index in [9.17, 15) is 0 Å². The van der Waals surface area contributed by atoms with Gasteiger partial charge in [0.05, 0.1) is 0 Å². The normalized spacial score (nSPS) is 9.22. The van der Waals surface area contributed by atoms with E-state index in [1.807, 2.05) is 0 Å². The average Bonchev–Trinajstić information content (AvgIpc) is 2.12. The van der Waals surface area contributed by atoms with Gasteiger partial charge in [-0.1, -0.05) is 19.8 Å². The van der Waals surface area contributed by atoms with Gasteiger partial charge in [0, 0.05) is 41.7 Å². The van der Waals surface area contributed by atoms with Crippen LogP contribution in [0.2, 0.25) is 0 Å². The molecule has 48 valence electrons. The molecule has 1 heteroatoms. The number of rotatable bonds is 1. The summed E-state index contributed by atoms with van der Waals surface area (Å²) < 4.78 is 0. The van der Waals surface area contributed by atoms with Crippen LogP contribution in [0, 0.1) is 41.7 Å². The Morgan fingerprint density at radius 2 is 1.56 bits per heavy atom. The smallest absolute Gasteiger partial charge is 0 e. The maximum atomic E-state index is 2.20. The molecule has 0 spiro atoms. The largest absolute Gasteiger partial charge is 0.213 e. The molecule has 0 aliphatic heterocycles. The van der Waals surface area contributed by atoms with Gasteiger partial charge in [0.25, 0.3) is 0 Å². The first-order valence-electron chi connectivity index (χ1n) is 3.02. The van der Waals surface area contributed by atoms with Crippen molar-refractivity contribution in [2.75, 3.05) is 0 Å². The molecular weight excluding hydrogens is 236 g/mol. The summed E-state index contributed by atoms with van der Waals surface area (Å²) in [6.07, 6.45) is 0. The van der Waals surface area contributed by atoms with Crippen molar-refractivity contribution in [3.05, 3.63) is 29.8 Å². The van der Waals surface area contributed by atoms with E-state index in [4.69, 9.17) is 0 Å². The molecule has 0 aromatic heterocycles. The molecule has 0 atom stereocenters. The molecule has 0 bridgehead atoms. The Labute approximate surface area is 90.4 Å². The first-order chi connectivity index (χ1) is 3.80. The Morgan fingerprint density at radius 3 is 1.78 bits per heavy atom. The van der Waals surface area contributed by atoms with Crippen molar-refractivity contribution in [1.29, 1.82) is 0 Å². The Hall–Kier alpha value is 0.727. The van der Waals surface area contributed by atoms with E-state index in [0.717, 1.165) is 0 Å². The molecule has 0 nitrogen and oxygen atoms in total. The molecule has 0 heterocycles. The first kappa shape index (κ1) is 9.73. The monoisotopic (exact) mass is 247 g/mol. The zero-order valence-electron chi connectivity index (χ0n) is 5.89. The van der Waals surface area contributed by atoms with Gasteiger partial charge in [-0.05, 0) is 0 Å². The van der Waals surface area contributed by atoms with Crippen LogP contribution in [0.3, 0.4) is 0 Å². The fourth-order valence-electron chi connectivity index (χ4n) is 0.774. The molecule has 0 aliphatic carbocycles. The van der Waals surface area contributed by atoms with Crippen LogP contribution in [-0.2, 0) is 0 Å². The van der Waals surface area contributed by atoms with Crippen molar-refractivity contribution in [3.8, 4) is 0 Å². The Kier molecular flexibility index (Phi) is 4.89. The van der Waals surface area contributed by atoms with Gasteiger partial charge in [0.15, 0.2) is 0 Å². The van der Waals surface area contributed by atoms with Gasteiger partial charge in [0.2, 0.25) is 0 Å². The maximum absolute atomic E-state index is 2.20. The SMILES string of the molecule is CC(C)[c-]1cccc1.[Ce]. The van der Waals surface area contributed by atoms with Gasteiger partial charge in [-0.2, -0.15) is 17.7 Å². The summed E-state index contributed by atoms with van der Waals surface area (Å²) in [5.41, 5.74) is 1.44. The van der Waals surface area contributed by atoms with E-state index in [2.05, 4.69) is 38.1 Å². The second-order valence-electron chi connectivity index (χ2n) is 2.37. The quantitative estimate of drug-likeness (QED) is 0.669. The first-order valence-corrected chi connectivity index (χ1v) is 3.02. The third-order valence-corrected chi connectivity index (χ3v) is 1.36. The van der Waals surface area contributed by atoms with Gasteiger partial charge in [-0.25, -0.2) is 12.1 Å². The van der Waals surface area contributed by atoms with E-state index >= 15 is 0 Å². The minimum atomic E-state index is 0. The van der Waals surface area contributed by atoms with Crippen molar-refractivity contribution in [2.24, 2.45) is 0 Å². The molecule has 9 heavy (non-hydrogen) atoms. The zero-order chi connectivity index (χ0) is 5.98. The molecule has 0 saturated heterocycles. The molecule has 1 aromatic carbocycles. The summed E-state index contributed by atoms with van der Waals surface area (Å²) in [4.78, 5) is 0. The molecule has 0 amide bonds. The van der Waals surface area contributed by atoms with Crippen molar-refractivity contribution in [1.82, 2.24) is 0 Å². The van der Waals surface area contributed by atoms with Gasteiger partial charge in [-0.3, -0.25) is 0 Å². The molecule has 0 aliphatic rings. The summed E-state index contributed by atoms with van der Waals surface area (Å²) in [7, 11) is 0. The molecule has 0 saturated carbocycles. The number of hydrogen-bond donors (Lipinski definition) is 0. The Bertz CT molecular complexity index is 140. The molecular formula is C8H11Ce-. The molecule has 0 N–H and O–H groups in total. The van der Waals surface area contributed by atoms with E-state index in [0.29, 0.717) is 5.92 Å². The fourth-order valence-corrected chi connectivity index (χ4v) is 0.774. The van der Waals surface area contributed by atoms with E-state index < -0.39 is 0 Å². The van der Waals surface area contributed by atoms with Gasteiger partial charge in [0.1, 0.15) is 0 Å². The van der Waals surface area contributed by atoms with Crippen LogP contribution >= 0.6 is 0 Å². The van der Waals surface area contributed by atoms with Crippen LogP contribution in [0.5, 0.6) is 0 Å². The number of hydrogen-bond acceptors (Lipinski definition) is 0. The predicted octanol–water partition coefficient (Wildman–Crippen LogP) is 2.53. The Morgan fingerprint density at radius 1 is 1.11 bits per heavy atom. The van der Waals surface area contributed by atoms with Gasteiger partial charge in [-0.15, -0.1) is 0 Å². The van der Waals surface area contributed by atoms with Crippen LogP contribution < -0.4 is 0 Å². The minimum absolute atomic E-state index is 0. The third-order valence-electron chi connectivity index (χ3n) is 1.36. The van der Waals surface area contributed by atoms with Crippen molar-refractivity contribution < 1.29 is 41.7 Å². The van der Waals surface area contributed by atoms with Gasteiger partial charge >= 0.3 is 0 Å². The van der Waals surface area contributed by atoms with E-state index in [-0.39, 0.29) is 41.7 Å². The topological polar surface area (TPSA) is 0 Å². The van der Waals surface area contributed by atoms with E-state index in [1.165, 1.54) is 5.56 Å². The second kappa shape index (κ2) is 4.53. The van der Waals surface area contributed by atoms with Crippen LogP contribution in [-0.4, -0.2) is 0 Å². The molecule has 1 aromatic rings. The molecule has 0 unspecified atom stereocenters. The van der Waals surface area contributed by atoms with Crippen molar-refractivity contribution >= 4 is 0 Å². The van der Waals surface area contributed by atoms with Crippen LogP contribution in [0.4, 0.5) is 0 Å². The minimum Gasteiger partial charge on any atom is -0.213 e. The summed E-state index contributed by atoms with van der Waals surface area (Å²) >= 11 is 0. The molecule has 0 radical (unpaired) electrons. The van der Waals surface area contributed by atoms with Crippen molar-refractivity contribution in [3.63, 3.8) is 0 Å². The van der Waals surface area contributed by atoms with E-state index in [1.54, 1.807) is 0 Å². The standard InChI is InChI=1S/C8H11.Ce/c1-7(2)8-5-3-4-6-8;/h3-7H,1-2H3;/q-1;. The molecule has 1 rings (SSSR count). The summed E-state index contributed by atoms with van der Waals surface area (Å²) in [6, 6.07) is 8.47. The zero-order valence-corrected chi connectivity index (χ0v) is 9.03. The van der Waals surface area contributed by atoms with Crippen LogP contribution in [0.1, 0.15) is 25.3 Å². The predicted molar refractivity (Wildman–Crippen MR) is 36.1 cm³/mol. The van der Waals surface area contributed by atoms with Crippen LogP contribution in [0.25, 0.3) is 0 Å². The van der Waals surface area contributed by atoms with Crippen molar-refractivity contribution in [2.45, 2.75) is 19.8 Å². The summed E-state index contributed by atoms with van der Waals surface area (Å²) in [5, 5.41) is 0. The summed E-state index contributed by atoms with van der Waals surface area (Å²) in [5.74, 6) is 0.685. The van der Waals surface area contributed by atoms with Gasteiger partial charge < -0.3 is 0 Å². The Balaban J connectivity index is 0.000000640. The summed E-state index contributed by atoms with van der Waals surface area (Å²) in [6.45, 7) is 4.41.